The van der Waals surface area contributed by atoms with E-state index in [2.05, 4.69) is 17.9 Å². The number of esters is 2. The van der Waals surface area contributed by atoms with E-state index in [0.29, 0.717) is 45.7 Å². The van der Waals surface area contributed by atoms with Crippen molar-refractivity contribution in [1.29, 1.82) is 0 Å². The number of hydrogen-bond acceptors (Lipinski definition) is 6. The molecule has 0 radical (unpaired) electrons. The molecule has 0 heterocycles. The lowest BCUT2D eigenvalue weighted by Gasteiger charge is -2.29. The molecule has 0 atom stereocenters. The van der Waals surface area contributed by atoms with Gasteiger partial charge in [0, 0.05) is 19.6 Å². The van der Waals surface area contributed by atoms with Gasteiger partial charge in [0.1, 0.15) is 5.75 Å². The van der Waals surface area contributed by atoms with Gasteiger partial charge in [0.25, 0.3) is 0 Å². The summed E-state index contributed by atoms with van der Waals surface area (Å²) in [6.45, 7) is 8.14. The summed E-state index contributed by atoms with van der Waals surface area (Å²) >= 11 is 0. The highest BCUT2D eigenvalue weighted by molar-refractivity contribution is 5.97. The summed E-state index contributed by atoms with van der Waals surface area (Å²) in [5.41, 5.74) is 4.75. The Balaban J connectivity index is 2.02. The number of aryl methyl sites for hydroxylation is 1. The number of fused-ring (bicyclic) bond motifs is 1. The molecule has 0 saturated heterocycles. The summed E-state index contributed by atoms with van der Waals surface area (Å²) in [6, 6.07) is 4.05. The second kappa shape index (κ2) is 10.1. The van der Waals surface area contributed by atoms with Crippen LogP contribution in [0.15, 0.2) is 12.1 Å². The maximum absolute atomic E-state index is 11.7. The zero-order valence-electron chi connectivity index (χ0n) is 16.7. The molecule has 0 fully saturated rings. The first kappa shape index (κ1) is 21.0. The number of hydrogen-bond donors (Lipinski definition) is 0. The van der Waals surface area contributed by atoms with E-state index in [4.69, 9.17) is 14.2 Å². The number of carbonyl (C=O) groups is 2. The SMILES string of the molecule is CCOC(=O)CCN(CCC(=O)OCC)CC1=Cc2c(C)cc(OC)cc21. The van der Waals surface area contributed by atoms with Crippen LogP contribution < -0.4 is 4.74 Å². The smallest absolute Gasteiger partial charge is 0.307 e. The van der Waals surface area contributed by atoms with Gasteiger partial charge in [-0.2, -0.15) is 0 Å². The molecule has 6 heteroatoms. The Morgan fingerprint density at radius 2 is 1.59 bits per heavy atom. The van der Waals surface area contributed by atoms with Gasteiger partial charge in [0.2, 0.25) is 0 Å². The Morgan fingerprint density at radius 1 is 1.00 bits per heavy atom. The molecule has 2 rings (SSSR count). The van der Waals surface area contributed by atoms with E-state index in [1.807, 2.05) is 12.1 Å². The van der Waals surface area contributed by atoms with E-state index in [1.54, 1.807) is 21.0 Å². The van der Waals surface area contributed by atoms with E-state index >= 15 is 0 Å². The van der Waals surface area contributed by atoms with Crippen LogP contribution in [0.3, 0.4) is 0 Å². The summed E-state index contributed by atoms with van der Waals surface area (Å²) in [7, 11) is 1.66. The molecule has 1 aliphatic rings. The average Bonchev–Trinajstić information content (AvgIpc) is 2.62. The molecule has 0 saturated carbocycles. The van der Waals surface area contributed by atoms with Crippen LogP contribution in [0.25, 0.3) is 11.6 Å². The number of methoxy groups -OCH3 is 1. The molecule has 0 N–H and O–H groups in total. The van der Waals surface area contributed by atoms with Gasteiger partial charge >= 0.3 is 11.9 Å². The van der Waals surface area contributed by atoms with Crippen molar-refractivity contribution in [3.05, 3.63) is 28.8 Å². The fraction of sp³-hybridized carbons (Fsp3) is 0.524. The third-order valence-electron chi connectivity index (χ3n) is 4.53. The first-order chi connectivity index (χ1) is 13.0. The topological polar surface area (TPSA) is 65.1 Å². The monoisotopic (exact) mass is 375 g/mol. The summed E-state index contributed by atoms with van der Waals surface area (Å²) < 4.78 is 15.4. The third-order valence-corrected chi connectivity index (χ3v) is 4.53. The zero-order valence-corrected chi connectivity index (χ0v) is 16.7. The first-order valence-corrected chi connectivity index (χ1v) is 9.41. The van der Waals surface area contributed by atoms with E-state index in [1.165, 1.54) is 22.3 Å². The fourth-order valence-corrected chi connectivity index (χ4v) is 3.12. The van der Waals surface area contributed by atoms with E-state index in [-0.39, 0.29) is 11.9 Å². The van der Waals surface area contributed by atoms with Crippen molar-refractivity contribution in [2.45, 2.75) is 33.6 Å². The van der Waals surface area contributed by atoms with Gasteiger partial charge in [0.15, 0.2) is 0 Å². The van der Waals surface area contributed by atoms with E-state index < -0.39 is 0 Å². The van der Waals surface area contributed by atoms with Crippen molar-refractivity contribution in [3.8, 4) is 5.75 Å². The Bertz CT molecular complexity index is 689. The van der Waals surface area contributed by atoms with Crippen LogP contribution >= 0.6 is 0 Å². The number of rotatable bonds is 11. The molecule has 0 aromatic heterocycles. The van der Waals surface area contributed by atoms with Gasteiger partial charge in [-0.3, -0.25) is 14.5 Å². The van der Waals surface area contributed by atoms with Crippen molar-refractivity contribution >= 4 is 23.6 Å². The highest BCUT2D eigenvalue weighted by Gasteiger charge is 2.22. The Kier molecular flexibility index (Phi) is 7.85. The molecular formula is C21H29NO5. The van der Waals surface area contributed by atoms with Crippen molar-refractivity contribution < 1.29 is 23.8 Å². The van der Waals surface area contributed by atoms with Crippen molar-refractivity contribution in [1.82, 2.24) is 4.90 Å². The molecular weight excluding hydrogens is 346 g/mol. The Morgan fingerprint density at radius 3 is 2.11 bits per heavy atom. The molecule has 1 aromatic rings. The lowest BCUT2D eigenvalue weighted by molar-refractivity contribution is -0.143. The molecule has 0 aliphatic heterocycles. The summed E-state index contributed by atoms with van der Waals surface area (Å²) in [5, 5.41) is 0. The third kappa shape index (κ3) is 5.82. The second-order valence-electron chi connectivity index (χ2n) is 6.46. The molecule has 0 spiro atoms. The lowest BCUT2D eigenvalue weighted by Crippen LogP contribution is -2.32. The summed E-state index contributed by atoms with van der Waals surface area (Å²) in [4.78, 5) is 25.5. The van der Waals surface area contributed by atoms with E-state index in [9.17, 15) is 9.59 Å². The normalized spacial score (nSPS) is 12.1. The lowest BCUT2D eigenvalue weighted by atomic mass is 9.85. The van der Waals surface area contributed by atoms with Gasteiger partial charge in [0.05, 0.1) is 33.2 Å². The standard InChI is InChI=1S/C21H29NO5/c1-5-26-20(23)7-9-22(10-8-21(24)27-6-2)14-16-12-18-15(3)11-17(25-4)13-19(16)18/h11-13H,5-10,14H2,1-4H3. The molecule has 0 unspecified atom stereocenters. The largest absolute Gasteiger partial charge is 0.497 e. The highest BCUT2D eigenvalue weighted by atomic mass is 16.5. The van der Waals surface area contributed by atoms with Crippen molar-refractivity contribution in [3.63, 3.8) is 0 Å². The predicted molar refractivity (Wildman–Crippen MR) is 105 cm³/mol. The minimum atomic E-state index is -0.223. The highest BCUT2D eigenvalue weighted by Crippen LogP contribution is 2.38. The van der Waals surface area contributed by atoms with Crippen LogP contribution in [-0.2, 0) is 19.1 Å². The number of nitrogens with zero attached hydrogens (tertiary/aromatic N) is 1. The van der Waals surface area contributed by atoms with E-state index in [0.717, 1.165) is 5.75 Å². The van der Waals surface area contributed by atoms with Crippen LogP contribution in [0.2, 0.25) is 0 Å². The molecule has 6 nitrogen and oxygen atoms in total. The van der Waals surface area contributed by atoms with Crippen LogP contribution in [0.1, 0.15) is 43.4 Å². The minimum Gasteiger partial charge on any atom is -0.497 e. The van der Waals surface area contributed by atoms with Crippen LogP contribution in [0.5, 0.6) is 5.75 Å². The summed E-state index contributed by atoms with van der Waals surface area (Å²) in [6.07, 6.45) is 2.76. The maximum atomic E-state index is 11.7. The number of benzene rings is 1. The molecule has 148 valence electrons. The molecule has 0 bridgehead atoms. The first-order valence-electron chi connectivity index (χ1n) is 9.41. The van der Waals surface area contributed by atoms with Crippen molar-refractivity contribution in [2.75, 3.05) is 40.0 Å². The molecule has 1 aromatic carbocycles. The van der Waals surface area contributed by atoms with Gasteiger partial charge in [-0.25, -0.2) is 0 Å². The predicted octanol–water partition coefficient (Wildman–Crippen LogP) is 3.07. The summed E-state index contributed by atoms with van der Waals surface area (Å²) in [5.74, 6) is 0.389. The van der Waals surface area contributed by atoms with Crippen molar-refractivity contribution in [2.24, 2.45) is 0 Å². The quantitative estimate of drug-likeness (QED) is 0.554. The number of ether oxygens (including phenoxy) is 3. The molecule has 0 amide bonds. The van der Waals surface area contributed by atoms with Gasteiger partial charge in [-0.05, 0) is 61.2 Å². The van der Waals surface area contributed by atoms with Crippen LogP contribution in [0, 0.1) is 6.92 Å². The minimum absolute atomic E-state index is 0.223. The Labute approximate surface area is 161 Å². The Hall–Kier alpha value is -2.34. The van der Waals surface area contributed by atoms with Gasteiger partial charge in [-0.1, -0.05) is 0 Å². The molecule has 27 heavy (non-hydrogen) atoms. The van der Waals surface area contributed by atoms with Crippen LogP contribution in [0.4, 0.5) is 0 Å². The van der Waals surface area contributed by atoms with Gasteiger partial charge in [-0.15, -0.1) is 0 Å². The maximum Gasteiger partial charge on any atom is 0.307 e. The fourth-order valence-electron chi connectivity index (χ4n) is 3.12. The zero-order chi connectivity index (χ0) is 19.8. The van der Waals surface area contributed by atoms with Gasteiger partial charge < -0.3 is 14.2 Å². The molecule has 1 aliphatic carbocycles. The van der Waals surface area contributed by atoms with Crippen LogP contribution in [-0.4, -0.2) is 56.8 Å². The second-order valence-corrected chi connectivity index (χ2v) is 6.46. The number of carbonyl (C=O) groups excluding carboxylic acids is 2. The average molecular weight is 375 g/mol.